The van der Waals surface area contributed by atoms with Gasteiger partial charge >= 0.3 is 11.7 Å². The first-order chi connectivity index (χ1) is 18.2. The number of benzene rings is 2. The Morgan fingerprint density at radius 1 is 1.26 bits per heavy atom. The minimum absolute atomic E-state index is 0.00566. The van der Waals surface area contributed by atoms with Gasteiger partial charge in [0.2, 0.25) is 11.8 Å². The fourth-order valence-electron chi connectivity index (χ4n) is 3.78. The van der Waals surface area contributed by atoms with Crippen LogP contribution in [-0.2, 0) is 4.74 Å². The van der Waals surface area contributed by atoms with E-state index in [2.05, 4.69) is 15.3 Å². The molecule has 198 valence electrons. The van der Waals surface area contributed by atoms with Crippen molar-refractivity contribution in [2.75, 3.05) is 19.0 Å². The molecule has 0 fully saturated rings. The van der Waals surface area contributed by atoms with Crippen LogP contribution < -0.4 is 14.9 Å². The van der Waals surface area contributed by atoms with E-state index in [9.17, 15) is 19.3 Å². The molecule has 0 radical (unpaired) electrons. The van der Waals surface area contributed by atoms with E-state index in [0.29, 0.717) is 12.2 Å². The number of nitro benzene ring substituents is 1. The normalized spacial score (nSPS) is 11.0. The molecule has 2 aromatic heterocycles. The first-order valence-corrected chi connectivity index (χ1v) is 11.8. The van der Waals surface area contributed by atoms with E-state index in [1.165, 1.54) is 13.3 Å². The fraction of sp³-hybridized carbons (Fsp3) is 0.269. The average molecular weight is 524 g/mol. The predicted molar refractivity (Wildman–Crippen MR) is 138 cm³/mol. The van der Waals surface area contributed by atoms with Gasteiger partial charge in [0.1, 0.15) is 17.9 Å². The third-order valence-corrected chi connectivity index (χ3v) is 5.43. The summed E-state index contributed by atoms with van der Waals surface area (Å²) in [4.78, 5) is 38.1. The Morgan fingerprint density at radius 2 is 2.03 bits per heavy atom. The van der Waals surface area contributed by atoms with Gasteiger partial charge in [-0.25, -0.2) is 14.8 Å². The summed E-state index contributed by atoms with van der Waals surface area (Å²) < 4.78 is 26.3. The molecule has 2 heterocycles. The number of nitro groups is 1. The summed E-state index contributed by atoms with van der Waals surface area (Å²) in [6, 6.07) is 9.35. The number of nitrogens with one attached hydrogen (secondary N) is 1. The molecule has 0 aliphatic heterocycles. The van der Waals surface area contributed by atoms with Crippen molar-refractivity contribution in [3.05, 3.63) is 70.3 Å². The molecule has 0 spiro atoms. The minimum Gasteiger partial charge on any atom is -0.494 e. The molecular formula is C26H26FN5O6. The molecule has 0 bridgehead atoms. The van der Waals surface area contributed by atoms with Crippen molar-refractivity contribution < 1.29 is 28.4 Å². The van der Waals surface area contributed by atoms with Gasteiger partial charge in [-0.1, -0.05) is 25.1 Å². The predicted octanol–water partition coefficient (Wildman–Crippen LogP) is 5.30. The summed E-state index contributed by atoms with van der Waals surface area (Å²) in [5, 5.41) is 14.9. The summed E-state index contributed by atoms with van der Waals surface area (Å²) in [5.41, 5.74) is 1.02. The highest BCUT2D eigenvalue weighted by Crippen LogP contribution is 2.35. The number of fused-ring (bicyclic) bond motifs is 1. The van der Waals surface area contributed by atoms with Crippen LogP contribution in [0.3, 0.4) is 0 Å². The lowest BCUT2D eigenvalue weighted by atomic mass is 10.1. The summed E-state index contributed by atoms with van der Waals surface area (Å²) in [5.74, 6) is -1.67. The number of aromatic nitrogens is 3. The Bertz CT molecular complexity index is 1500. The summed E-state index contributed by atoms with van der Waals surface area (Å²) in [6.07, 6.45) is 3.44. The maximum Gasteiger partial charge on any atom is 0.342 e. The summed E-state index contributed by atoms with van der Waals surface area (Å²) in [6.45, 7) is 5.92. The van der Waals surface area contributed by atoms with Crippen LogP contribution in [0.2, 0.25) is 0 Å². The lowest BCUT2D eigenvalue weighted by Gasteiger charge is -2.14. The number of hydrogen-bond donors (Lipinski definition) is 1. The highest BCUT2D eigenvalue weighted by atomic mass is 19.1. The van der Waals surface area contributed by atoms with Crippen LogP contribution in [0.15, 0.2) is 48.8 Å². The fourth-order valence-corrected chi connectivity index (χ4v) is 3.78. The molecule has 4 aromatic rings. The van der Waals surface area contributed by atoms with Gasteiger partial charge in [0.05, 0.1) is 41.2 Å². The minimum atomic E-state index is -1.05. The third-order valence-electron chi connectivity index (χ3n) is 5.43. The van der Waals surface area contributed by atoms with Gasteiger partial charge in [0.15, 0.2) is 0 Å². The molecule has 0 aliphatic carbocycles. The molecule has 0 saturated heterocycles. The van der Waals surface area contributed by atoms with E-state index in [0.717, 1.165) is 29.5 Å². The number of hydrogen-bond acceptors (Lipinski definition) is 9. The molecule has 38 heavy (non-hydrogen) atoms. The van der Waals surface area contributed by atoms with Crippen molar-refractivity contribution in [1.82, 2.24) is 14.7 Å². The van der Waals surface area contributed by atoms with E-state index in [1.807, 2.05) is 31.2 Å². The standard InChI is InChI=1S/C26H26FN5O6/c1-5-10-37-31-14-18(16-8-6-7-9-21(16)31)24-17(25(33)38-15(2)3)13-28-26(30-24)29-20-12-22(32(34)35)19(27)11-23(20)36-4/h6-9,11-15H,5,10H2,1-4H3,(H,28,29,30). The van der Waals surface area contributed by atoms with Crippen LogP contribution in [0.4, 0.5) is 21.7 Å². The quantitative estimate of drug-likeness (QED) is 0.167. The van der Waals surface area contributed by atoms with Crippen molar-refractivity contribution in [1.29, 1.82) is 0 Å². The molecule has 1 N–H and O–H groups in total. The number of anilines is 2. The van der Waals surface area contributed by atoms with Crippen LogP contribution in [0, 0.1) is 15.9 Å². The number of halogens is 1. The molecule has 0 aliphatic rings. The smallest absolute Gasteiger partial charge is 0.342 e. The Morgan fingerprint density at radius 3 is 2.71 bits per heavy atom. The van der Waals surface area contributed by atoms with Gasteiger partial charge in [0.25, 0.3) is 0 Å². The van der Waals surface area contributed by atoms with Crippen LogP contribution in [0.5, 0.6) is 5.75 Å². The van der Waals surface area contributed by atoms with Gasteiger partial charge in [-0.2, -0.15) is 9.12 Å². The van der Waals surface area contributed by atoms with E-state index in [4.69, 9.17) is 14.3 Å². The number of esters is 1. The van der Waals surface area contributed by atoms with Gasteiger partial charge in [-0.15, -0.1) is 0 Å². The zero-order chi connectivity index (χ0) is 27.4. The SMILES string of the molecule is CCCOn1cc(-c2nc(Nc3cc([N+](=O)[O-])c(F)cc3OC)ncc2C(=O)OC(C)C)c2ccccc21. The number of rotatable bonds is 10. The Hall–Kier alpha value is -4.74. The number of ether oxygens (including phenoxy) is 2. The molecule has 0 amide bonds. The number of methoxy groups -OCH3 is 1. The molecule has 11 nitrogen and oxygen atoms in total. The second kappa shape index (κ2) is 11.1. The summed E-state index contributed by atoms with van der Waals surface area (Å²) >= 11 is 0. The lowest BCUT2D eigenvalue weighted by molar-refractivity contribution is -0.387. The zero-order valence-corrected chi connectivity index (χ0v) is 21.2. The second-order valence-electron chi connectivity index (χ2n) is 8.51. The topological polar surface area (TPSA) is 131 Å². The van der Waals surface area contributed by atoms with E-state index in [1.54, 1.807) is 24.8 Å². The van der Waals surface area contributed by atoms with E-state index < -0.39 is 22.4 Å². The van der Waals surface area contributed by atoms with Crippen molar-refractivity contribution >= 4 is 34.2 Å². The van der Waals surface area contributed by atoms with Crippen LogP contribution in [0.25, 0.3) is 22.2 Å². The van der Waals surface area contributed by atoms with Crippen LogP contribution in [0.1, 0.15) is 37.6 Å². The molecule has 12 heteroatoms. The maximum atomic E-state index is 14.1. The average Bonchev–Trinajstić information content (AvgIpc) is 3.26. The third kappa shape index (κ3) is 5.33. The van der Waals surface area contributed by atoms with Gasteiger partial charge in [0, 0.05) is 29.3 Å². The van der Waals surface area contributed by atoms with Gasteiger partial charge in [-0.3, -0.25) is 10.1 Å². The first kappa shape index (κ1) is 26.3. The van der Waals surface area contributed by atoms with Crippen LogP contribution in [-0.4, -0.2) is 45.4 Å². The number of carbonyl (C=O) groups excluding carboxylic acids is 1. The number of nitrogens with zero attached hydrogens (tertiary/aromatic N) is 4. The van der Waals surface area contributed by atoms with Crippen molar-refractivity contribution in [3.8, 4) is 17.0 Å². The summed E-state index contributed by atoms with van der Waals surface area (Å²) in [7, 11) is 1.30. The van der Waals surface area contributed by atoms with Gasteiger partial charge < -0.3 is 19.6 Å². The van der Waals surface area contributed by atoms with Crippen LogP contribution >= 0.6 is 0 Å². The Labute approximate surface area is 217 Å². The highest BCUT2D eigenvalue weighted by molar-refractivity contribution is 6.02. The largest absolute Gasteiger partial charge is 0.494 e. The molecular weight excluding hydrogens is 497 g/mol. The lowest BCUT2D eigenvalue weighted by Crippen LogP contribution is -2.14. The Balaban J connectivity index is 1.87. The van der Waals surface area contributed by atoms with Crippen molar-refractivity contribution in [2.45, 2.75) is 33.3 Å². The highest BCUT2D eigenvalue weighted by Gasteiger charge is 2.24. The number of para-hydroxylation sites is 1. The Kier molecular flexibility index (Phi) is 7.70. The van der Waals surface area contributed by atoms with Gasteiger partial charge in [-0.05, 0) is 26.3 Å². The molecule has 0 atom stereocenters. The van der Waals surface area contributed by atoms with Crippen molar-refractivity contribution in [2.24, 2.45) is 0 Å². The molecule has 0 unspecified atom stereocenters. The first-order valence-electron chi connectivity index (χ1n) is 11.8. The van der Waals surface area contributed by atoms with E-state index >= 15 is 0 Å². The molecule has 0 saturated carbocycles. The maximum absolute atomic E-state index is 14.1. The van der Waals surface area contributed by atoms with E-state index in [-0.39, 0.29) is 34.7 Å². The number of carbonyl (C=O) groups is 1. The van der Waals surface area contributed by atoms with Crippen molar-refractivity contribution in [3.63, 3.8) is 0 Å². The second-order valence-corrected chi connectivity index (χ2v) is 8.51. The zero-order valence-electron chi connectivity index (χ0n) is 21.2. The molecule has 2 aromatic carbocycles. The monoisotopic (exact) mass is 523 g/mol. The molecule has 4 rings (SSSR count).